The van der Waals surface area contributed by atoms with Crippen molar-refractivity contribution in [3.63, 3.8) is 0 Å². The molecule has 1 heterocycles. The molecule has 2 aromatic carbocycles. The number of hydrogen-bond acceptors (Lipinski definition) is 7. The van der Waals surface area contributed by atoms with E-state index < -0.39 is 31.4 Å². The van der Waals surface area contributed by atoms with Gasteiger partial charge < -0.3 is 14.0 Å². The van der Waals surface area contributed by atoms with Gasteiger partial charge in [0.1, 0.15) is 23.3 Å². The van der Waals surface area contributed by atoms with Crippen LogP contribution in [0, 0.1) is 5.92 Å². The first-order chi connectivity index (χ1) is 19.1. The van der Waals surface area contributed by atoms with Crippen molar-refractivity contribution in [3.05, 3.63) is 77.7 Å². The standard InChI is InChI=1S/C27H28F2NO6PS.C2H6/c1-3-11-34-26(32)24-13-21-12-19(9-10-23(21)38-24)17-37(33,36-22-7-5-4-6-8-22)30-18(2)25(31)35-16-20-14-27(28,29)15-20;1-2/h3-10,12-13,18,20H,1,11,14-17H2,2H3,(H,30,33);1-2H3. The molecule has 0 amide bonds. The zero-order valence-corrected chi connectivity index (χ0v) is 24.4. The van der Waals surface area contributed by atoms with Gasteiger partial charge in [0.15, 0.2) is 0 Å². The van der Waals surface area contributed by atoms with Gasteiger partial charge in [-0.05, 0) is 48.2 Å². The Morgan fingerprint density at radius 2 is 1.85 bits per heavy atom. The number of hydrogen-bond donors (Lipinski definition) is 1. The van der Waals surface area contributed by atoms with E-state index in [1.165, 1.54) is 24.3 Å². The Labute approximate surface area is 237 Å². The van der Waals surface area contributed by atoms with E-state index in [0.29, 0.717) is 16.2 Å². The SMILES string of the molecule is C=CCOC(=O)c1cc2cc(CP(=O)(NC(C)C(=O)OCC3CC(F)(F)C3)Oc3ccccc3)ccc2s1.CC. The summed E-state index contributed by atoms with van der Waals surface area (Å²) in [5.41, 5.74) is 0.658. The van der Waals surface area contributed by atoms with Crippen molar-refractivity contribution in [3.8, 4) is 5.75 Å². The largest absolute Gasteiger partial charge is 0.464 e. The third kappa shape index (κ3) is 8.71. The van der Waals surface area contributed by atoms with Crippen LogP contribution >= 0.6 is 18.9 Å². The van der Waals surface area contributed by atoms with Gasteiger partial charge in [-0.2, -0.15) is 0 Å². The van der Waals surface area contributed by atoms with E-state index in [2.05, 4.69) is 11.7 Å². The summed E-state index contributed by atoms with van der Waals surface area (Å²) in [6.45, 7) is 9.01. The van der Waals surface area contributed by atoms with Gasteiger partial charge in [0, 0.05) is 23.5 Å². The number of halogens is 2. The quantitative estimate of drug-likeness (QED) is 0.131. The highest BCUT2D eigenvalue weighted by Gasteiger charge is 2.45. The number of nitrogens with one attached hydrogen (secondary N) is 1. The summed E-state index contributed by atoms with van der Waals surface area (Å²) in [7, 11) is -3.71. The third-order valence-corrected chi connectivity index (χ3v) is 9.04. The Hall–Kier alpha value is -3.07. The third-order valence-electron chi connectivity index (χ3n) is 5.88. The number of ether oxygens (including phenoxy) is 2. The van der Waals surface area contributed by atoms with Gasteiger partial charge in [0.05, 0.1) is 12.8 Å². The number of benzene rings is 2. The number of para-hydroxylation sites is 1. The first kappa shape index (κ1) is 31.5. The van der Waals surface area contributed by atoms with Crippen molar-refractivity contribution in [2.45, 2.75) is 51.7 Å². The molecule has 2 unspecified atom stereocenters. The summed E-state index contributed by atoms with van der Waals surface area (Å²) in [5, 5.41) is 3.56. The minimum absolute atomic E-state index is 0.0591. The molecule has 216 valence electrons. The highest BCUT2D eigenvalue weighted by molar-refractivity contribution is 7.56. The van der Waals surface area contributed by atoms with Crippen LogP contribution in [0.4, 0.5) is 8.78 Å². The summed E-state index contributed by atoms with van der Waals surface area (Å²) in [6, 6.07) is 14.6. The normalized spacial score (nSPS) is 16.4. The van der Waals surface area contributed by atoms with E-state index in [9.17, 15) is 22.9 Å². The van der Waals surface area contributed by atoms with Crippen molar-refractivity contribution in [2.75, 3.05) is 13.2 Å². The number of thiophene rings is 1. The zero-order chi connectivity index (χ0) is 29.3. The number of alkyl halides is 2. The lowest BCUT2D eigenvalue weighted by atomic mass is 9.82. The fraction of sp³-hybridized carbons (Fsp3) is 0.379. The Morgan fingerprint density at radius 3 is 2.50 bits per heavy atom. The molecule has 1 fully saturated rings. The van der Waals surface area contributed by atoms with Gasteiger partial charge in [-0.15, -0.1) is 11.3 Å². The molecule has 1 aliphatic rings. The maximum absolute atomic E-state index is 14.0. The second-order valence-corrected chi connectivity index (χ2v) is 12.4. The van der Waals surface area contributed by atoms with Crippen LogP contribution in [0.2, 0.25) is 0 Å². The first-order valence-corrected chi connectivity index (χ1v) is 15.6. The maximum atomic E-state index is 14.0. The molecule has 0 radical (unpaired) electrons. The van der Waals surface area contributed by atoms with Crippen LogP contribution in [-0.2, 0) is 25.0 Å². The molecular weight excluding hydrogens is 559 g/mol. The second-order valence-electron chi connectivity index (χ2n) is 9.22. The molecule has 3 aromatic rings. The highest BCUT2D eigenvalue weighted by atomic mass is 32.1. The van der Waals surface area contributed by atoms with Gasteiger partial charge in [0.2, 0.25) is 5.92 Å². The summed E-state index contributed by atoms with van der Waals surface area (Å²) in [4.78, 5) is 25.2. The van der Waals surface area contributed by atoms with E-state index in [-0.39, 0.29) is 38.1 Å². The molecule has 1 aromatic heterocycles. The molecule has 1 saturated carbocycles. The maximum Gasteiger partial charge on any atom is 0.348 e. The molecule has 0 aliphatic heterocycles. The molecule has 4 rings (SSSR count). The molecular formula is C29H34F2NO6PS. The van der Waals surface area contributed by atoms with Crippen LogP contribution in [0.3, 0.4) is 0 Å². The predicted molar refractivity (Wildman–Crippen MR) is 153 cm³/mol. The zero-order valence-electron chi connectivity index (χ0n) is 22.7. The van der Waals surface area contributed by atoms with Gasteiger partial charge >= 0.3 is 19.5 Å². The van der Waals surface area contributed by atoms with Gasteiger partial charge in [-0.3, -0.25) is 9.36 Å². The predicted octanol–water partition coefficient (Wildman–Crippen LogP) is 7.61. The van der Waals surface area contributed by atoms with Crippen molar-refractivity contribution in [2.24, 2.45) is 5.92 Å². The Morgan fingerprint density at radius 1 is 1.15 bits per heavy atom. The summed E-state index contributed by atoms with van der Waals surface area (Å²) < 4.78 is 57.2. The molecule has 11 heteroatoms. The molecule has 40 heavy (non-hydrogen) atoms. The van der Waals surface area contributed by atoms with Gasteiger partial charge in [0.25, 0.3) is 0 Å². The average molecular weight is 594 g/mol. The van der Waals surface area contributed by atoms with Crippen LogP contribution in [0.25, 0.3) is 10.1 Å². The lowest BCUT2D eigenvalue weighted by molar-refractivity contribution is -0.158. The van der Waals surface area contributed by atoms with E-state index in [0.717, 1.165) is 10.1 Å². The summed E-state index contributed by atoms with van der Waals surface area (Å²) >= 11 is 1.28. The van der Waals surface area contributed by atoms with Crippen LogP contribution in [0.1, 0.15) is 48.8 Å². The molecule has 0 saturated heterocycles. The van der Waals surface area contributed by atoms with Crippen LogP contribution in [0.15, 0.2) is 67.3 Å². The van der Waals surface area contributed by atoms with Crippen molar-refractivity contribution >= 4 is 40.9 Å². The monoisotopic (exact) mass is 593 g/mol. The molecule has 1 aliphatic carbocycles. The fourth-order valence-electron chi connectivity index (χ4n) is 4.07. The smallest absolute Gasteiger partial charge is 0.348 e. The molecule has 7 nitrogen and oxygen atoms in total. The number of esters is 2. The van der Waals surface area contributed by atoms with E-state index >= 15 is 0 Å². The second kappa shape index (κ2) is 14.0. The number of carbonyl (C=O) groups excluding carboxylic acids is 2. The first-order valence-electron chi connectivity index (χ1n) is 13.0. The van der Waals surface area contributed by atoms with Crippen molar-refractivity contribution in [1.82, 2.24) is 5.09 Å². The average Bonchev–Trinajstić information content (AvgIpc) is 3.34. The Balaban J connectivity index is 0.00000216. The topological polar surface area (TPSA) is 90.9 Å². The molecule has 1 N–H and O–H groups in total. The molecule has 0 spiro atoms. The van der Waals surface area contributed by atoms with Crippen molar-refractivity contribution < 1.29 is 36.9 Å². The highest BCUT2D eigenvalue weighted by Crippen LogP contribution is 2.48. The fourth-order valence-corrected chi connectivity index (χ4v) is 7.05. The minimum atomic E-state index is -3.71. The summed E-state index contributed by atoms with van der Waals surface area (Å²) in [6.07, 6.45) is 0.812. The van der Waals surface area contributed by atoms with E-state index in [1.807, 2.05) is 19.9 Å². The Bertz CT molecular complexity index is 1360. The lowest BCUT2D eigenvalue weighted by Crippen LogP contribution is -2.40. The van der Waals surface area contributed by atoms with Gasteiger partial charge in [-0.1, -0.05) is 50.8 Å². The van der Waals surface area contributed by atoms with E-state index in [4.69, 9.17) is 14.0 Å². The summed E-state index contributed by atoms with van der Waals surface area (Å²) in [5.74, 6) is -3.89. The van der Waals surface area contributed by atoms with Crippen LogP contribution < -0.4 is 9.61 Å². The lowest BCUT2D eigenvalue weighted by Gasteiger charge is -2.34. The molecule has 2 atom stereocenters. The van der Waals surface area contributed by atoms with E-state index in [1.54, 1.807) is 48.5 Å². The minimum Gasteiger partial charge on any atom is -0.464 e. The number of fused-ring (bicyclic) bond motifs is 1. The van der Waals surface area contributed by atoms with Crippen LogP contribution in [0.5, 0.6) is 5.75 Å². The van der Waals surface area contributed by atoms with Crippen molar-refractivity contribution in [1.29, 1.82) is 0 Å². The number of rotatable bonds is 12. The Kier molecular flexibility index (Phi) is 11.0. The van der Waals surface area contributed by atoms with Crippen LogP contribution in [-0.4, -0.2) is 37.1 Å². The molecule has 0 bridgehead atoms. The number of carbonyl (C=O) groups is 2. The van der Waals surface area contributed by atoms with Gasteiger partial charge in [-0.25, -0.2) is 18.7 Å².